The Kier molecular flexibility index (Phi) is 4.13. The van der Waals surface area contributed by atoms with Crippen LogP contribution in [0.2, 0.25) is 5.02 Å². The molecule has 0 radical (unpaired) electrons. The number of aliphatic hydroxyl groups excluding tert-OH is 1. The molecular formula is C12H14ClN5O. The van der Waals surface area contributed by atoms with Gasteiger partial charge in [0.25, 0.3) is 0 Å². The quantitative estimate of drug-likeness (QED) is 0.786. The zero-order valence-electron chi connectivity index (χ0n) is 10.3. The molecule has 0 fully saturated rings. The van der Waals surface area contributed by atoms with Crippen LogP contribution in [0.3, 0.4) is 0 Å². The van der Waals surface area contributed by atoms with Crippen molar-refractivity contribution < 1.29 is 5.11 Å². The van der Waals surface area contributed by atoms with Gasteiger partial charge in [0.2, 0.25) is 0 Å². The number of rotatable bonds is 4. The summed E-state index contributed by atoms with van der Waals surface area (Å²) in [5.74, 6) is 0.924. The first kappa shape index (κ1) is 13.5. The van der Waals surface area contributed by atoms with Gasteiger partial charge >= 0.3 is 0 Å². The Bertz CT molecular complexity index is 576. The number of hydrogen-bond acceptors (Lipinski definition) is 6. The fourth-order valence-electron chi connectivity index (χ4n) is 1.48. The Morgan fingerprint density at radius 1 is 1.42 bits per heavy atom. The van der Waals surface area contributed by atoms with Crippen LogP contribution in [0.4, 0.5) is 11.6 Å². The molecule has 2 rings (SSSR count). The molecule has 0 unspecified atom stereocenters. The molecule has 100 valence electrons. The summed E-state index contributed by atoms with van der Waals surface area (Å²) in [4.78, 5) is 12.3. The molecule has 0 amide bonds. The number of aromatic nitrogens is 3. The summed E-state index contributed by atoms with van der Waals surface area (Å²) in [6.45, 7) is 2.08. The highest BCUT2D eigenvalue weighted by atomic mass is 35.5. The van der Waals surface area contributed by atoms with E-state index >= 15 is 0 Å². The predicted octanol–water partition coefficient (Wildman–Crippen LogP) is 1.57. The second-order valence-electron chi connectivity index (χ2n) is 4.11. The largest absolute Gasteiger partial charge is 0.392 e. The van der Waals surface area contributed by atoms with Gasteiger partial charge < -0.3 is 16.2 Å². The van der Waals surface area contributed by atoms with Gasteiger partial charge in [0.05, 0.1) is 29.2 Å². The van der Waals surface area contributed by atoms with Gasteiger partial charge in [-0.25, -0.2) is 9.97 Å². The highest BCUT2D eigenvalue weighted by molar-refractivity contribution is 6.33. The summed E-state index contributed by atoms with van der Waals surface area (Å²) in [7, 11) is 0. The molecule has 2 aromatic heterocycles. The molecule has 7 heteroatoms. The summed E-state index contributed by atoms with van der Waals surface area (Å²) in [5.41, 5.74) is 6.90. The van der Waals surface area contributed by atoms with E-state index in [4.69, 9.17) is 17.3 Å². The smallest absolute Gasteiger partial charge is 0.145 e. The predicted molar refractivity (Wildman–Crippen MR) is 74.9 cm³/mol. The first-order valence-electron chi connectivity index (χ1n) is 5.71. The summed E-state index contributed by atoms with van der Waals surface area (Å²) < 4.78 is 0. The normalized spacial score (nSPS) is 12.2. The number of nitrogens with zero attached hydrogens (tertiary/aromatic N) is 3. The number of nitrogens with one attached hydrogen (secondary N) is 1. The summed E-state index contributed by atoms with van der Waals surface area (Å²) in [6, 6.07) is 1.64. The minimum absolute atomic E-state index is 0.364. The molecule has 0 aliphatic heterocycles. The van der Waals surface area contributed by atoms with Crippen LogP contribution in [0, 0.1) is 0 Å². The first-order chi connectivity index (χ1) is 9.06. The fourth-order valence-corrected chi connectivity index (χ4v) is 1.68. The number of hydrogen-bond donors (Lipinski definition) is 3. The third-order valence-corrected chi connectivity index (χ3v) is 2.67. The van der Waals surface area contributed by atoms with E-state index in [9.17, 15) is 5.11 Å². The molecular weight excluding hydrogens is 266 g/mol. The summed E-state index contributed by atoms with van der Waals surface area (Å²) in [6.07, 6.45) is 4.17. The Balaban J connectivity index is 2.29. The van der Waals surface area contributed by atoms with Gasteiger partial charge in [-0.2, -0.15) is 0 Å². The third kappa shape index (κ3) is 3.52. The van der Waals surface area contributed by atoms with Crippen molar-refractivity contribution >= 4 is 23.2 Å². The average Bonchev–Trinajstić information content (AvgIpc) is 2.39. The molecule has 0 bridgehead atoms. The second kappa shape index (κ2) is 5.81. The Morgan fingerprint density at radius 2 is 2.21 bits per heavy atom. The highest BCUT2D eigenvalue weighted by Crippen LogP contribution is 2.27. The lowest BCUT2D eigenvalue weighted by molar-refractivity contribution is 0.208. The van der Waals surface area contributed by atoms with E-state index in [1.807, 2.05) is 0 Å². The maximum absolute atomic E-state index is 9.22. The zero-order chi connectivity index (χ0) is 13.8. The second-order valence-corrected chi connectivity index (χ2v) is 4.52. The van der Waals surface area contributed by atoms with E-state index in [0.29, 0.717) is 34.5 Å². The van der Waals surface area contributed by atoms with E-state index in [-0.39, 0.29) is 0 Å². The lowest BCUT2D eigenvalue weighted by Crippen LogP contribution is -2.16. The Hall–Kier alpha value is -1.92. The number of nitrogen functional groups attached to an aromatic ring is 1. The van der Waals surface area contributed by atoms with Crippen LogP contribution in [0.25, 0.3) is 11.3 Å². The van der Waals surface area contributed by atoms with Crippen molar-refractivity contribution in [2.45, 2.75) is 13.0 Å². The highest BCUT2D eigenvalue weighted by Gasteiger charge is 2.08. The molecule has 0 aliphatic carbocycles. The molecule has 2 aromatic rings. The standard InChI is InChI=1S/C12H14ClN5O/c1-7(19)3-17-12-6-15-5-10(18-12)8-2-11(14)16-4-9(8)13/h2,4-7,19H,3H2,1H3,(H2,14,16)(H,17,18)/t7-/m0/s1. The molecule has 6 nitrogen and oxygen atoms in total. The van der Waals surface area contributed by atoms with Crippen molar-refractivity contribution in [2.75, 3.05) is 17.6 Å². The minimum atomic E-state index is -0.467. The zero-order valence-corrected chi connectivity index (χ0v) is 11.1. The Labute approximate surface area is 115 Å². The van der Waals surface area contributed by atoms with E-state index in [1.54, 1.807) is 25.4 Å². The van der Waals surface area contributed by atoms with Crippen molar-refractivity contribution in [2.24, 2.45) is 0 Å². The molecule has 0 aliphatic rings. The molecule has 0 saturated carbocycles. The van der Waals surface area contributed by atoms with Gasteiger partial charge in [-0.1, -0.05) is 11.6 Å². The van der Waals surface area contributed by atoms with Crippen molar-refractivity contribution in [3.63, 3.8) is 0 Å². The lowest BCUT2D eigenvalue weighted by atomic mass is 10.2. The number of anilines is 2. The van der Waals surface area contributed by atoms with Gasteiger partial charge in [-0.05, 0) is 13.0 Å². The van der Waals surface area contributed by atoms with Crippen LogP contribution < -0.4 is 11.1 Å². The molecule has 19 heavy (non-hydrogen) atoms. The minimum Gasteiger partial charge on any atom is -0.392 e. The van der Waals surface area contributed by atoms with Gasteiger partial charge in [0, 0.05) is 18.3 Å². The van der Waals surface area contributed by atoms with Gasteiger partial charge in [-0.15, -0.1) is 0 Å². The summed E-state index contributed by atoms with van der Waals surface area (Å²) in [5, 5.41) is 12.7. The maximum Gasteiger partial charge on any atom is 0.145 e. The van der Waals surface area contributed by atoms with Crippen LogP contribution in [0.5, 0.6) is 0 Å². The van der Waals surface area contributed by atoms with Gasteiger partial charge in [0.1, 0.15) is 11.6 Å². The lowest BCUT2D eigenvalue weighted by Gasteiger charge is -2.09. The first-order valence-corrected chi connectivity index (χ1v) is 6.09. The molecule has 4 N–H and O–H groups in total. The number of nitrogens with two attached hydrogens (primary N) is 1. The maximum atomic E-state index is 9.22. The molecule has 1 atom stereocenters. The van der Waals surface area contributed by atoms with Crippen LogP contribution >= 0.6 is 11.6 Å². The van der Waals surface area contributed by atoms with Crippen LogP contribution in [0.1, 0.15) is 6.92 Å². The SMILES string of the molecule is C[C@H](O)CNc1cncc(-c2cc(N)ncc2Cl)n1. The van der Waals surface area contributed by atoms with Crippen molar-refractivity contribution in [1.82, 2.24) is 15.0 Å². The Morgan fingerprint density at radius 3 is 2.95 bits per heavy atom. The van der Waals surface area contributed by atoms with Crippen molar-refractivity contribution in [3.05, 3.63) is 29.7 Å². The van der Waals surface area contributed by atoms with E-state index in [2.05, 4.69) is 20.3 Å². The van der Waals surface area contributed by atoms with Crippen LogP contribution in [-0.4, -0.2) is 32.7 Å². The number of halogens is 1. The third-order valence-electron chi connectivity index (χ3n) is 2.37. The monoisotopic (exact) mass is 279 g/mol. The van der Waals surface area contributed by atoms with E-state index < -0.39 is 6.10 Å². The van der Waals surface area contributed by atoms with Gasteiger partial charge in [0.15, 0.2) is 0 Å². The van der Waals surface area contributed by atoms with Crippen molar-refractivity contribution in [3.8, 4) is 11.3 Å². The van der Waals surface area contributed by atoms with E-state index in [0.717, 1.165) is 0 Å². The molecule has 0 saturated heterocycles. The molecule has 0 spiro atoms. The molecule has 0 aromatic carbocycles. The van der Waals surface area contributed by atoms with Crippen LogP contribution in [-0.2, 0) is 0 Å². The fraction of sp³-hybridized carbons (Fsp3) is 0.250. The number of pyridine rings is 1. The number of aliphatic hydroxyl groups is 1. The van der Waals surface area contributed by atoms with Crippen molar-refractivity contribution in [1.29, 1.82) is 0 Å². The van der Waals surface area contributed by atoms with Crippen LogP contribution in [0.15, 0.2) is 24.7 Å². The molecule has 2 heterocycles. The topological polar surface area (TPSA) is 97.0 Å². The van der Waals surface area contributed by atoms with Gasteiger partial charge in [-0.3, -0.25) is 4.98 Å². The van der Waals surface area contributed by atoms with E-state index in [1.165, 1.54) is 6.20 Å². The summed E-state index contributed by atoms with van der Waals surface area (Å²) >= 11 is 6.06. The average molecular weight is 280 g/mol.